The maximum atomic E-state index is 2.00. The molecule has 0 aliphatic rings. The van der Waals surface area contributed by atoms with Gasteiger partial charge in [0, 0.05) is 0 Å². The minimum atomic E-state index is 0. The molecule has 16 heavy (non-hydrogen) atoms. The molecular formula is C16H52. The van der Waals surface area contributed by atoms with Crippen LogP contribution in [0.4, 0.5) is 0 Å². The van der Waals surface area contributed by atoms with Gasteiger partial charge in [0.1, 0.15) is 0 Å². The van der Waals surface area contributed by atoms with E-state index < -0.39 is 0 Å². The Hall–Kier alpha value is 0. The summed E-state index contributed by atoms with van der Waals surface area (Å²) in [6.45, 7) is 24.0. The molecule has 116 valence electrons. The normalized spacial score (nSPS) is 2.25. The van der Waals surface area contributed by atoms with Crippen LogP contribution in [0.1, 0.15) is 113 Å². The second-order valence-corrected chi connectivity index (χ2v) is 0. The minimum Gasteiger partial charge on any atom is -0.0776 e. The Kier molecular flexibility index (Phi) is 0. The molecule has 0 fully saturated rings. The maximum Gasteiger partial charge on any atom is -0.0683 e. The first-order valence-corrected chi connectivity index (χ1v) is 6.00. The summed E-state index contributed by atoms with van der Waals surface area (Å²) in [5, 5.41) is 0. The van der Waals surface area contributed by atoms with E-state index in [0.717, 1.165) is 0 Å². The third-order valence-electron chi connectivity index (χ3n) is 0. The summed E-state index contributed by atoms with van der Waals surface area (Å²) in [7, 11) is 0. The third kappa shape index (κ3) is 0. The van der Waals surface area contributed by atoms with E-state index in [0.29, 0.717) is 0 Å². The van der Waals surface area contributed by atoms with Crippen LogP contribution >= 0.6 is 0 Å². The van der Waals surface area contributed by atoms with Gasteiger partial charge in [-0.1, -0.05) is 113 Å². The fourth-order valence-electron chi connectivity index (χ4n) is 0. The summed E-state index contributed by atoms with van der Waals surface area (Å²) >= 11 is 0. The van der Waals surface area contributed by atoms with Crippen LogP contribution in [0.2, 0.25) is 0 Å². The monoisotopic (exact) mass is 244 g/mol. The second-order valence-electron chi connectivity index (χ2n) is 0. The van der Waals surface area contributed by atoms with Gasteiger partial charge in [0.15, 0.2) is 0 Å². The van der Waals surface area contributed by atoms with Crippen LogP contribution in [-0.4, -0.2) is 0 Å². The maximum absolute atomic E-state index is 2.00. The Morgan fingerprint density at radius 1 is 0.188 bits per heavy atom. The molecule has 0 bridgehead atoms. The highest BCUT2D eigenvalue weighted by atomic mass is 13.0. The predicted octanol–water partition coefficient (Wildman–Crippen LogP) is 8.70. The molecule has 0 unspecified atom stereocenters. The van der Waals surface area contributed by atoms with Crippen LogP contribution in [0, 0.1) is 0 Å². The minimum absolute atomic E-state index is 0. The molecule has 0 aliphatic carbocycles. The van der Waals surface area contributed by atoms with Gasteiger partial charge in [-0.05, 0) is 0 Å². The third-order valence-corrected chi connectivity index (χ3v) is 0. The highest BCUT2D eigenvalue weighted by molar-refractivity contribution is 3.51. The van der Waals surface area contributed by atoms with Crippen LogP contribution < -0.4 is 0 Å². The number of hydrogen-bond acceptors (Lipinski definition) is 0. The Morgan fingerprint density at radius 3 is 0.188 bits per heavy atom. The van der Waals surface area contributed by atoms with E-state index in [-0.39, 0.29) is 29.7 Å². The average Bonchev–Trinajstić information content (AvgIpc) is 2.33. The van der Waals surface area contributed by atoms with E-state index in [2.05, 4.69) is 0 Å². The van der Waals surface area contributed by atoms with Gasteiger partial charge in [-0.3, -0.25) is 0 Å². The highest BCUT2D eigenvalue weighted by Gasteiger charge is 0.942. The van der Waals surface area contributed by atoms with E-state index in [4.69, 9.17) is 0 Å². The topological polar surface area (TPSA) is 0 Å². The molecule has 0 aromatic carbocycles. The largest absolute Gasteiger partial charge is 0.0776 e. The van der Waals surface area contributed by atoms with Gasteiger partial charge in [0.05, 0.1) is 0 Å². The van der Waals surface area contributed by atoms with E-state index in [1.165, 1.54) is 0 Å². The van der Waals surface area contributed by atoms with Crippen molar-refractivity contribution in [1.82, 2.24) is 0 Å². The Morgan fingerprint density at radius 2 is 0.188 bits per heavy atom. The Bertz CT molecular complexity index is 0. The smallest absolute Gasteiger partial charge is 0.0683 e. The SMILES string of the molecule is C.C.C.C.CC.CC.CC.CC.CC.CC. The van der Waals surface area contributed by atoms with Crippen molar-refractivity contribution in [3.05, 3.63) is 0 Å². The molecule has 0 amide bonds. The van der Waals surface area contributed by atoms with Gasteiger partial charge in [-0.15, -0.1) is 0 Å². The molecule has 0 N–H and O–H groups in total. The van der Waals surface area contributed by atoms with Crippen LogP contribution in [0.15, 0.2) is 0 Å². The van der Waals surface area contributed by atoms with Crippen LogP contribution in [0.5, 0.6) is 0 Å². The van der Waals surface area contributed by atoms with Crippen molar-refractivity contribution in [2.75, 3.05) is 0 Å². The van der Waals surface area contributed by atoms with E-state index in [1.807, 2.05) is 83.1 Å². The molecule has 0 aromatic heterocycles. The zero-order chi connectivity index (χ0) is 12.0. The molecule has 0 rings (SSSR count). The second kappa shape index (κ2) is 0. The van der Waals surface area contributed by atoms with E-state index in [1.54, 1.807) is 0 Å². The molecule has 0 saturated heterocycles. The van der Waals surface area contributed by atoms with Gasteiger partial charge in [-0.25, -0.2) is 0 Å². The van der Waals surface area contributed by atoms with E-state index in [9.17, 15) is 0 Å². The van der Waals surface area contributed by atoms with Crippen molar-refractivity contribution in [3.8, 4) is 0 Å². The summed E-state index contributed by atoms with van der Waals surface area (Å²) in [5.74, 6) is 0. The van der Waals surface area contributed by atoms with Crippen LogP contribution in [-0.2, 0) is 0 Å². The molecule has 0 saturated carbocycles. The first-order chi connectivity index (χ1) is 6.00. The van der Waals surface area contributed by atoms with Crippen molar-refractivity contribution < 1.29 is 0 Å². The fraction of sp³-hybridized carbons (Fsp3) is 1.00. The van der Waals surface area contributed by atoms with Crippen molar-refractivity contribution in [2.24, 2.45) is 0 Å². The van der Waals surface area contributed by atoms with Gasteiger partial charge in [-0.2, -0.15) is 0 Å². The first kappa shape index (κ1) is 100. The summed E-state index contributed by atoms with van der Waals surface area (Å²) < 4.78 is 0. The zero-order valence-corrected chi connectivity index (χ0v) is 12.0. The lowest BCUT2D eigenvalue weighted by molar-refractivity contribution is 1.50. The number of rotatable bonds is 0. The highest BCUT2D eigenvalue weighted by Crippen LogP contribution is 1.15. The van der Waals surface area contributed by atoms with Crippen LogP contribution in [0.3, 0.4) is 0 Å². The average molecular weight is 245 g/mol. The van der Waals surface area contributed by atoms with Crippen molar-refractivity contribution in [1.29, 1.82) is 0 Å². The molecule has 0 spiro atoms. The Labute approximate surface area is 113 Å². The van der Waals surface area contributed by atoms with Crippen molar-refractivity contribution in [2.45, 2.75) is 113 Å². The summed E-state index contributed by atoms with van der Waals surface area (Å²) in [6, 6.07) is 0. The summed E-state index contributed by atoms with van der Waals surface area (Å²) in [5.41, 5.74) is 0. The lowest BCUT2D eigenvalue weighted by Crippen LogP contribution is -0.856. The molecule has 0 radical (unpaired) electrons. The van der Waals surface area contributed by atoms with Crippen LogP contribution in [0.25, 0.3) is 0 Å². The van der Waals surface area contributed by atoms with Gasteiger partial charge in [0.25, 0.3) is 0 Å². The first-order valence-electron chi connectivity index (χ1n) is 6.00. The van der Waals surface area contributed by atoms with Gasteiger partial charge >= 0.3 is 0 Å². The molecule has 0 nitrogen and oxygen atoms in total. The molecule has 0 aromatic rings. The fourth-order valence-corrected chi connectivity index (χ4v) is 0. The zero-order valence-electron chi connectivity index (χ0n) is 12.0. The lowest BCUT2D eigenvalue weighted by Gasteiger charge is -1.07. The Balaban J connectivity index is -0.00000000321. The molecule has 0 aliphatic heterocycles. The summed E-state index contributed by atoms with van der Waals surface area (Å²) in [6.07, 6.45) is 0. The molecule has 0 atom stereocenters. The quantitative estimate of drug-likeness (QED) is 0.400. The van der Waals surface area contributed by atoms with E-state index >= 15 is 0 Å². The predicted molar refractivity (Wildman–Crippen MR) is 95.0 cm³/mol. The van der Waals surface area contributed by atoms with Gasteiger partial charge in [0.2, 0.25) is 0 Å². The van der Waals surface area contributed by atoms with Crippen molar-refractivity contribution >= 4 is 0 Å². The number of hydrogen-bond donors (Lipinski definition) is 0. The molecular weight excluding hydrogens is 192 g/mol. The lowest BCUT2D eigenvalue weighted by atomic mass is 11.0. The molecule has 0 heterocycles. The van der Waals surface area contributed by atoms with Gasteiger partial charge < -0.3 is 0 Å². The molecule has 0 heteroatoms. The standard InChI is InChI=1S/6C2H6.4CH4/c6*1-2;;;;/h6*1-2H3;4*1H4. The summed E-state index contributed by atoms with van der Waals surface area (Å²) in [4.78, 5) is 0. The van der Waals surface area contributed by atoms with Crippen molar-refractivity contribution in [3.63, 3.8) is 0 Å².